The molecule has 0 aromatic heterocycles. The number of hydrogen-bond acceptors (Lipinski definition) is 3. The number of amides is 1. The molecule has 1 aliphatic carbocycles. The van der Waals surface area contributed by atoms with E-state index in [4.69, 9.17) is 23.2 Å². The molecule has 21 heavy (non-hydrogen) atoms. The normalized spacial score (nSPS) is 21.2. The molecule has 0 aliphatic heterocycles. The summed E-state index contributed by atoms with van der Waals surface area (Å²) in [6.45, 7) is 0. The second-order valence-corrected chi connectivity index (χ2v) is 5.84. The summed E-state index contributed by atoms with van der Waals surface area (Å²) in [7, 11) is 0. The summed E-state index contributed by atoms with van der Waals surface area (Å²) in [6, 6.07) is 4.70. The van der Waals surface area contributed by atoms with Crippen molar-refractivity contribution in [3.05, 3.63) is 28.2 Å². The van der Waals surface area contributed by atoms with Gasteiger partial charge in [-0.05, 0) is 31.0 Å². The molecule has 7 heteroatoms. The molecule has 1 amide bonds. The maximum atomic E-state index is 12.2. The van der Waals surface area contributed by atoms with Crippen molar-refractivity contribution in [2.24, 2.45) is 11.8 Å². The molecule has 2 rings (SSSR count). The Labute approximate surface area is 155 Å². The van der Waals surface area contributed by atoms with E-state index in [2.05, 4.69) is 5.32 Å². The minimum atomic E-state index is -1.16. The molecule has 1 aromatic rings. The SMILES string of the molecule is O=C([O-])C1CCCCC1C(=O)Nc1cc(Cl)cc(Cl)c1.[Na+]. The first-order valence-electron chi connectivity index (χ1n) is 6.45. The van der Waals surface area contributed by atoms with Gasteiger partial charge in [0.05, 0.1) is 0 Å². The Bertz CT molecular complexity index is 519. The fourth-order valence-corrected chi connectivity index (χ4v) is 3.11. The van der Waals surface area contributed by atoms with E-state index in [0.717, 1.165) is 12.8 Å². The molecule has 1 saturated carbocycles. The Kier molecular flexibility index (Phi) is 7.51. The second kappa shape index (κ2) is 8.39. The van der Waals surface area contributed by atoms with Crippen LogP contribution < -0.4 is 40.0 Å². The van der Waals surface area contributed by atoms with Gasteiger partial charge < -0.3 is 15.2 Å². The van der Waals surface area contributed by atoms with Crippen LogP contribution in [-0.2, 0) is 9.59 Å². The number of carboxylic acid groups (broad SMARTS) is 1. The molecular formula is C14H14Cl2NNaO3. The monoisotopic (exact) mass is 337 g/mol. The molecule has 0 spiro atoms. The van der Waals surface area contributed by atoms with Crippen LogP contribution in [0.2, 0.25) is 10.0 Å². The number of halogens is 2. The number of carboxylic acids is 1. The van der Waals surface area contributed by atoms with Crippen molar-refractivity contribution < 1.29 is 44.3 Å². The Morgan fingerprint density at radius 1 is 1.05 bits per heavy atom. The van der Waals surface area contributed by atoms with Gasteiger partial charge in [0, 0.05) is 33.5 Å². The van der Waals surface area contributed by atoms with Crippen molar-refractivity contribution in [1.29, 1.82) is 0 Å². The van der Waals surface area contributed by atoms with Gasteiger partial charge in [0.15, 0.2) is 0 Å². The Morgan fingerprint density at radius 3 is 2.10 bits per heavy atom. The topological polar surface area (TPSA) is 69.2 Å². The van der Waals surface area contributed by atoms with Crippen LogP contribution in [-0.4, -0.2) is 11.9 Å². The quantitative estimate of drug-likeness (QED) is 0.755. The molecule has 1 N–H and O–H groups in total. The fourth-order valence-electron chi connectivity index (χ4n) is 2.59. The molecule has 0 saturated heterocycles. The first kappa shape index (κ1) is 18.8. The summed E-state index contributed by atoms with van der Waals surface area (Å²) in [6.07, 6.45) is 2.69. The average molecular weight is 338 g/mol. The molecule has 108 valence electrons. The molecule has 0 heterocycles. The molecule has 1 fully saturated rings. The van der Waals surface area contributed by atoms with Crippen LogP contribution in [0, 0.1) is 11.8 Å². The van der Waals surface area contributed by atoms with Gasteiger partial charge in [-0.15, -0.1) is 0 Å². The third-order valence-corrected chi connectivity index (χ3v) is 3.97. The Balaban J connectivity index is 0.00000220. The maximum Gasteiger partial charge on any atom is 1.00 e. The van der Waals surface area contributed by atoms with E-state index in [9.17, 15) is 14.7 Å². The zero-order valence-electron chi connectivity index (χ0n) is 11.7. The average Bonchev–Trinajstić information content (AvgIpc) is 2.37. The summed E-state index contributed by atoms with van der Waals surface area (Å²) in [5, 5.41) is 14.6. The summed E-state index contributed by atoms with van der Waals surface area (Å²) in [5.74, 6) is -2.77. The number of rotatable bonds is 3. The molecule has 4 nitrogen and oxygen atoms in total. The number of anilines is 1. The first-order valence-corrected chi connectivity index (χ1v) is 7.21. The molecular weight excluding hydrogens is 324 g/mol. The number of aliphatic carboxylic acids is 1. The molecule has 2 unspecified atom stereocenters. The summed E-state index contributed by atoms with van der Waals surface area (Å²) in [4.78, 5) is 23.3. The van der Waals surface area contributed by atoms with Crippen LogP contribution in [0.5, 0.6) is 0 Å². The second-order valence-electron chi connectivity index (χ2n) is 4.96. The van der Waals surface area contributed by atoms with Gasteiger partial charge in [-0.25, -0.2) is 0 Å². The number of hydrogen-bond donors (Lipinski definition) is 1. The first-order chi connectivity index (χ1) is 9.47. The van der Waals surface area contributed by atoms with E-state index >= 15 is 0 Å². The fraction of sp³-hybridized carbons (Fsp3) is 0.429. The number of nitrogens with one attached hydrogen (secondary N) is 1. The molecule has 2 atom stereocenters. The summed E-state index contributed by atoms with van der Waals surface area (Å²) < 4.78 is 0. The van der Waals surface area contributed by atoms with Crippen molar-refractivity contribution in [2.45, 2.75) is 25.7 Å². The van der Waals surface area contributed by atoms with Gasteiger partial charge in [0.1, 0.15) is 0 Å². The largest absolute Gasteiger partial charge is 1.00 e. The minimum absolute atomic E-state index is 0. The predicted octanol–water partition coefficient (Wildman–Crippen LogP) is -0.508. The Morgan fingerprint density at radius 2 is 1.57 bits per heavy atom. The van der Waals surface area contributed by atoms with Crippen LogP contribution in [0.1, 0.15) is 25.7 Å². The molecule has 1 aliphatic rings. The molecule has 1 aromatic carbocycles. The minimum Gasteiger partial charge on any atom is -0.550 e. The number of carbonyl (C=O) groups is 2. The van der Waals surface area contributed by atoms with Crippen LogP contribution in [0.15, 0.2) is 18.2 Å². The standard InChI is InChI=1S/C14H15Cl2NO3.Na/c15-8-5-9(16)7-10(6-8)17-13(18)11-3-1-2-4-12(11)14(19)20;/h5-7,11-12H,1-4H2,(H,17,18)(H,19,20);/q;+1/p-1. The van der Waals surface area contributed by atoms with Gasteiger partial charge in [-0.1, -0.05) is 36.0 Å². The van der Waals surface area contributed by atoms with Gasteiger partial charge in [0.2, 0.25) is 5.91 Å². The van der Waals surface area contributed by atoms with Gasteiger partial charge >= 0.3 is 29.6 Å². The number of carbonyl (C=O) groups excluding carboxylic acids is 2. The number of benzene rings is 1. The van der Waals surface area contributed by atoms with Crippen molar-refractivity contribution in [3.8, 4) is 0 Å². The van der Waals surface area contributed by atoms with Crippen LogP contribution >= 0.6 is 23.2 Å². The van der Waals surface area contributed by atoms with E-state index in [0.29, 0.717) is 28.6 Å². The predicted molar refractivity (Wildman–Crippen MR) is 75.5 cm³/mol. The van der Waals surface area contributed by atoms with Crippen molar-refractivity contribution in [1.82, 2.24) is 0 Å². The summed E-state index contributed by atoms with van der Waals surface area (Å²) in [5.41, 5.74) is 0.468. The van der Waals surface area contributed by atoms with Crippen molar-refractivity contribution >= 4 is 40.8 Å². The van der Waals surface area contributed by atoms with Crippen LogP contribution in [0.4, 0.5) is 5.69 Å². The van der Waals surface area contributed by atoms with E-state index in [1.807, 2.05) is 0 Å². The molecule has 0 bridgehead atoms. The van der Waals surface area contributed by atoms with E-state index in [1.165, 1.54) is 0 Å². The van der Waals surface area contributed by atoms with Crippen molar-refractivity contribution in [3.63, 3.8) is 0 Å². The van der Waals surface area contributed by atoms with Gasteiger partial charge in [0.25, 0.3) is 0 Å². The van der Waals surface area contributed by atoms with E-state index in [1.54, 1.807) is 18.2 Å². The zero-order valence-corrected chi connectivity index (χ0v) is 15.2. The molecule has 0 radical (unpaired) electrons. The van der Waals surface area contributed by atoms with Crippen LogP contribution in [0.25, 0.3) is 0 Å². The van der Waals surface area contributed by atoms with Gasteiger partial charge in [-0.3, -0.25) is 4.79 Å². The maximum absolute atomic E-state index is 12.2. The zero-order chi connectivity index (χ0) is 14.7. The van der Waals surface area contributed by atoms with E-state index in [-0.39, 0.29) is 35.5 Å². The van der Waals surface area contributed by atoms with Gasteiger partial charge in [-0.2, -0.15) is 0 Å². The van der Waals surface area contributed by atoms with E-state index < -0.39 is 17.8 Å². The summed E-state index contributed by atoms with van der Waals surface area (Å²) >= 11 is 11.7. The van der Waals surface area contributed by atoms with Crippen LogP contribution in [0.3, 0.4) is 0 Å². The Hall–Kier alpha value is -0.260. The third-order valence-electron chi connectivity index (χ3n) is 3.54. The van der Waals surface area contributed by atoms with Crippen molar-refractivity contribution in [2.75, 3.05) is 5.32 Å². The third kappa shape index (κ3) is 5.15. The smallest absolute Gasteiger partial charge is 0.550 e.